The Morgan fingerprint density at radius 1 is 0.806 bits per heavy atom. The molecule has 2 amide bonds. The molecular weight excluding hydrogens is 400 g/mol. The summed E-state index contributed by atoms with van der Waals surface area (Å²) >= 11 is 0. The Bertz CT molecular complexity index is 1180. The van der Waals surface area contributed by atoms with Gasteiger partial charge in [0.2, 0.25) is 5.95 Å². The molecule has 10 heteroatoms. The summed E-state index contributed by atoms with van der Waals surface area (Å²) in [6.07, 6.45) is 1.42. The van der Waals surface area contributed by atoms with Gasteiger partial charge in [0.05, 0.1) is 6.33 Å². The van der Waals surface area contributed by atoms with Crippen molar-refractivity contribution in [1.29, 1.82) is 0 Å². The number of nitrogens with zero attached hydrogens (tertiary/aromatic N) is 3. The number of imidazole rings is 1. The number of amides is 2. The van der Waals surface area contributed by atoms with E-state index in [9.17, 15) is 9.59 Å². The van der Waals surface area contributed by atoms with Gasteiger partial charge in [-0.05, 0) is 24.3 Å². The smallest absolute Gasteiger partial charge is 0.264 e. The number of H-pyrrole nitrogens is 1. The van der Waals surface area contributed by atoms with E-state index in [0.29, 0.717) is 17.0 Å². The fourth-order valence-corrected chi connectivity index (χ4v) is 2.64. The number of hydrogen-bond donors (Lipinski definition) is 3. The van der Waals surface area contributed by atoms with Crippen LogP contribution < -0.4 is 20.1 Å². The summed E-state index contributed by atoms with van der Waals surface area (Å²) in [6.45, 7) is -0.436. The van der Waals surface area contributed by atoms with Crippen LogP contribution in [0.1, 0.15) is 0 Å². The van der Waals surface area contributed by atoms with Gasteiger partial charge in [0.15, 0.2) is 24.7 Å². The van der Waals surface area contributed by atoms with E-state index in [1.807, 2.05) is 24.3 Å². The Kier molecular flexibility index (Phi) is 5.98. The molecule has 31 heavy (non-hydrogen) atoms. The number of anilines is 2. The highest BCUT2D eigenvalue weighted by atomic mass is 16.5. The minimum absolute atomic E-state index is 0.0134. The van der Waals surface area contributed by atoms with E-state index < -0.39 is 11.8 Å². The highest BCUT2D eigenvalue weighted by Gasteiger charge is 2.15. The molecule has 0 spiro atoms. The van der Waals surface area contributed by atoms with Crippen LogP contribution in [0, 0.1) is 0 Å². The zero-order valence-electron chi connectivity index (χ0n) is 16.2. The molecule has 0 aliphatic heterocycles. The SMILES string of the molecule is O=C(COc1ccccc1)Nc1nc(NC(=O)COc2ccccc2)c2[nH]cnc2n1. The molecule has 0 unspecified atom stereocenters. The van der Waals surface area contributed by atoms with Crippen molar-refractivity contribution in [1.82, 2.24) is 19.9 Å². The van der Waals surface area contributed by atoms with E-state index in [-0.39, 0.29) is 30.6 Å². The number of hydrogen-bond acceptors (Lipinski definition) is 7. The third kappa shape index (κ3) is 5.32. The van der Waals surface area contributed by atoms with Crippen LogP contribution in [0.15, 0.2) is 67.0 Å². The maximum absolute atomic E-state index is 12.3. The van der Waals surface area contributed by atoms with Gasteiger partial charge in [0.25, 0.3) is 11.8 Å². The summed E-state index contributed by atoms with van der Waals surface area (Å²) in [7, 11) is 0. The fourth-order valence-electron chi connectivity index (χ4n) is 2.64. The molecule has 0 atom stereocenters. The quantitative estimate of drug-likeness (QED) is 0.400. The predicted molar refractivity (Wildman–Crippen MR) is 113 cm³/mol. The lowest BCUT2D eigenvalue weighted by atomic mass is 10.3. The number of rotatable bonds is 8. The Balaban J connectivity index is 1.41. The molecule has 0 aliphatic carbocycles. The molecule has 0 saturated heterocycles. The number of nitrogens with one attached hydrogen (secondary N) is 3. The van der Waals surface area contributed by atoms with Gasteiger partial charge in [-0.2, -0.15) is 9.97 Å². The number of carbonyl (C=O) groups excluding carboxylic acids is 2. The number of fused-ring (bicyclic) bond motifs is 1. The second-order valence-electron chi connectivity index (χ2n) is 6.30. The fraction of sp³-hybridized carbons (Fsp3) is 0.0952. The number of aromatic amines is 1. The summed E-state index contributed by atoms with van der Waals surface area (Å²) in [4.78, 5) is 39.8. The molecule has 10 nitrogen and oxygen atoms in total. The molecule has 0 saturated carbocycles. The van der Waals surface area contributed by atoms with Crippen molar-refractivity contribution in [2.24, 2.45) is 0 Å². The molecule has 0 radical (unpaired) electrons. The standard InChI is InChI=1S/C21H18N6O4/c28-16(11-30-14-7-3-1-4-8-14)24-20-18-19(23-13-22-18)26-21(27-20)25-17(29)12-31-15-9-5-2-6-10-15/h1-10,13H,11-12H2,(H3,22,23,24,25,26,27,28,29). The molecular formula is C21H18N6O4. The van der Waals surface area contributed by atoms with Crippen molar-refractivity contribution < 1.29 is 19.1 Å². The third-order valence-electron chi connectivity index (χ3n) is 4.02. The van der Waals surface area contributed by atoms with Gasteiger partial charge in [-0.15, -0.1) is 0 Å². The van der Waals surface area contributed by atoms with Crippen LogP contribution >= 0.6 is 0 Å². The number of para-hydroxylation sites is 2. The van der Waals surface area contributed by atoms with Crippen LogP contribution in [0.3, 0.4) is 0 Å². The van der Waals surface area contributed by atoms with Crippen LogP contribution in [0.25, 0.3) is 11.2 Å². The molecule has 4 rings (SSSR count). The molecule has 4 aromatic rings. The summed E-state index contributed by atoms with van der Waals surface area (Å²) < 4.78 is 10.8. The van der Waals surface area contributed by atoms with E-state index >= 15 is 0 Å². The van der Waals surface area contributed by atoms with Gasteiger partial charge < -0.3 is 19.8 Å². The summed E-state index contributed by atoms with van der Waals surface area (Å²) in [5.74, 6) is 0.404. The van der Waals surface area contributed by atoms with Crippen molar-refractivity contribution in [3.8, 4) is 11.5 Å². The molecule has 0 fully saturated rings. The molecule has 2 aromatic carbocycles. The van der Waals surface area contributed by atoms with E-state index in [4.69, 9.17) is 9.47 Å². The third-order valence-corrected chi connectivity index (χ3v) is 4.02. The van der Waals surface area contributed by atoms with Gasteiger partial charge in [0, 0.05) is 0 Å². The van der Waals surface area contributed by atoms with Crippen LogP contribution in [0.4, 0.5) is 11.8 Å². The van der Waals surface area contributed by atoms with E-state index in [1.54, 1.807) is 36.4 Å². The Labute approximate surface area is 176 Å². The maximum Gasteiger partial charge on any atom is 0.264 e. The molecule has 156 valence electrons. The summed E-state index contributed by atoms with van der Waals surface area (Å²) in [5, 5.41) is 5.19. The lowest BCUT2D eigenvalue weighted by Crippen LogP contribution is -2.23. The first-order valence-electron chi connectivity index (χ1n) is 9.34. The molecule has 0 bridgehead atoms. The predicted octanol–water partition coefficient (Wildman–Crippen LogP) is 2.39. The van der Waals surface area contributed by atoms with E-state index in [0.717, 1.165) is 0 Å². The van der Waals surface area contributed by atoms with Crippen molar-refractivity contribution in [2.75, 3.05) is 23.8 Å². The lowest BCUT2D eigenvalue weighted by molar-refractivity contribution is -0.118. The molecule has 0 aliphatic rings. The van der Waals surface area contributed by atoms with Crippen molar-refractivity contribution >= 4 is 34.7 Å². The second-order valence-corrected chi connectivity index (χ2v) is 6.30. The average molecular weight is 418 g/mol. The lowest BCUT2D eigenvalue weighted by Gasteiger charge is -2.10. The van der Waals surface area contributed by atoms with Gasteiger partial charge >= 0.3 is 0 Å². The van der Waals surface area contributed by atoms with Crippen molar-refractivity contribution in [3.05, 3.63) is 67.0 Å². The second kappa shape index (κ2) is 9.35. The van der Waals surface area contributed by atoms with Gasteiger partial charge in [0.1, 0.15) is 17.0 Å². The van der Waals surface area contributed by atoms with Crippen LogP contribution in [-0.2, 0) is 9.59 Å². The van der Waals surface area contributed by atoms with E-state index in [1.165, 1.54) is 6.33 Å². The minimum Gasteiger partial charge on any atom is -0.484 e. The Morgan fingerprint density at radius 3 is 2.00 bits per heavy atom. The van der Waals surface area contributed by atoms with Crippen LogP contribution in [-0.4, -0.2) is 45.0 Å². The van der Waals surface area contributed by atoms with Crippen LogP contribution in [0.2, 0.25) is 0 Å². The number of ether oxygens (including phenoxy) is 2. The zero-order valence-corrected chi connectivity index (χ0v) is 16.2. The molecule has 2 aromatic heterocycles. The molecule has 3 N–H and O–H groups in total. The highest BCUT2D eigenvalue weighted by Crippen LogP contribution is 2.19. The van der Waals surface area contributed by atoms with Crippen LogP contribution in [0.5, 0.6) is 11.5 Å². The first-order valence-corrected chi connectivity index (χ1v) is 9.34. The first-order chi connectivity index (χ1) is 15.2. The maximum atomic E-state index is 12.3. The summed E-state index contributed by atoms with van der Waals surface area (Å²) in [6, 6.07) is 17.9. The summed E-state index contributed by atoms with van der Waals surface area (Å²) in [5.41, 5.74) is 0.708. The average Bonchev–Trinajstić information content (AvgIpc) is 3.27. The largest absolute Gasteiger partial charge is 0.484 e. The number of carbonyl (C=O) groups is 2. The minimum atomic E-state index is -0.455. The van der Waals surface area contributed by atoms with Crippen molar-refractivity contribution in [3.63, 3.8) is 0 Å². The topological polar surface area (TPSA) is 131 Å². The first kappa shape index (κ1) is 19.8. The molecule has 2 heterocycles. The normalized spacial score (nSPS) is 10.5. The Morgan fingerprint density at radius 2 is 1.39 bits per heavy atom. The van der Waals surface area contributed by atoms with Crippen molar-refractivity contribution in [2.45, 2.75) is 0 Å². The highest BCUT2D eigenvalue weighted by molar-refractivity contribution is 5.99. The van der Waals surface area contributed by atoms with Gasteiger partial charge in [-0.1, -0.05) is 36.4 Å². The number of aromatic nitrogens is 4. The monoisotopic (exact) mass is 418 g/mol. The van der Waals surface area contributed by atoms with Gasteiger partial charge in [-0.3, -0.25) is 14.9 Å². The van der Waals surface area contributed by atoms with E-state index in [2.05, 4.69) is 30.6 Å². The zero-order chi connectivity index (χ0) is 21.5. The van der Waals surface area contributed by atoms with Gasteiger partial charge in [-0.25, -0.2) is 4.98 Å². The Hall–Kier alpha value is -4.47. The number of benzene rings is 2.